The molecule has 0 aliphatic carbocycles. The molecule has 0 saturated carbocycles. The molecule has 1 saturated heterocycles. The second kappa shape index (κ2) is 3.90. The minimum Gasteiger partial charge on any atom is -0.561 e. The minimum absolute atomic E-state index is 0.243. The molecule has 2 aromatic rings. The van der Waals surface area contributed by atoms with Crippen LogP contribution in [-0.4, -0.2) is 13.1 Å². The summed E-state index contributed by atoms with van der Waals surface area (Å²) in [5, 5.41) is 23.8. The maximum Gasteiger partial charge on any atom is 0.319 e. The lowest BCUT2D eigenvalue weighted by Crippen LogP contribution is -2.60. The van der Waals surface area contributed by atoms with Gasteiger partial charge in [0, 0.05) is 19.2 Å². The number of anilines is 2. The Balaban J connectivity index is 2.28. The lowest BCUT2D eigenvalue weighted by Gasteiger charge is -2.19. The third kappa shape index (κ3) is 1.49. The van der Waals surface area contributed by atoms with E-state index in [0.717, 1.165) is 37.0 Å². The number of benzene rings is 1. The van der Waals surface area contributed by atoms with Crippen LogP contribution in [0.1, 0.15) is 12.8 Å². The van der Waals surface area contributed by atoms with Crippen LogP contribution in [0.4, 0.5) is 11.4 Å². The van der Waals surface area contributed by atoms with Crippen molar-refractivity contribution in [3.8, 4) is 0 Å². The molecule has 0 atom stereocenters. The molecule has 0 bridgehead atoms. The van der Waals surface area contributed by atoms with E-state index >= 15 is 0 Å². The van der Waals surface area contributed by atoms with Crippen LogP contribution in [-0.2, 0) is 0 Å². The van der Waals surface area contributed by atoms with Crippen LogP contribution < -0.4 is 20.3 Å². The molecule has 1 aromatic carbocycles. The largest absolute Gasteiger partial charge is 0.561 e. The van der Waals surface area contributed by atoms with Gasteiger partial charge in [0.15, 0.2) is 0 Å². The van der Waals surface area contributed by atoms with Gasteiger partial charge in [-0.3, -0.25) is 0 Å². The van der Waals surface area contributed by atoms with Crippen molar-refractivity contribution in [3.05, 3.63) is 34.8 Å². The fraction of sp³-hybridized carbons (Fsp3) is 0.333. The van der Waals surface area contributed by atoms with Crippen LogP contribution in [0.15, 0.2) is 24.4 Å². The zero-order valence-corrected chi connectivity index (χ0v) is 9.87. The fourth-order valence-corrected chi connectivity index (χ4v) is 2.52. The van der Waals surface area contributed by atoms with Crippen LogP contribution in [0.5, 0.6) is 0 Å². The van der Waals surface area contributed by atoms with E-state index in [-0.39, 0.29) is 10.4 Å². The zero-order chi connectivity index (χ0) is 12.7. The number of aromatic nitrogens is 2. The molecule has 2 heterocycles. The number of nitrogens with two attached hydrogens (primary N) is 1. The number of rotatable bonds is 1. The second-order valence-electron chi connectivity index (χ2n) is 4.52. The van der Waals surface area contributed by atoms with Crippen LogP contribution in [0.2, 0.25) is 0 Å². The van der Waals surface area contributed by atoms with E-state index in [1.54, 1.807) is 12.1 Å². The van der Waals surface area contributed by atoms with Gasteiger partial charge in [-0.2, -0.15) is 0 Å². The molecule has 0 spiro atoms. The average molecular weight is 246 g/mol. The van der Waals surface area contributed by atoms with Crippen LogP contribution >= 0.6 is 0 Å². The number of hydrogen-bond acceptors (Lipinski definition) is 4. The Bertz CT molecular complexity index is 609. The van der Waals surface area contributed by atoms with Crippen LogP contribution in [0, 0.1) is 10.4 Å². The molecule has 6 heteroatoms. The summed E-state index contributed by atoms with van der Waals surface area (Å²) in [7, 11) is 0. The normalized spacial score (nSPS) is 15.4. The van der Waals surface area contributed by atoms with Gasteiger partial charge in [-0.1, -0.05) is 0 Å². The molecule has 18 heavy (non-hydrogen) atoms. The first-order chi connectivity index (χ1) is 8.68. The van der Waals surface area contributed by atoms with E-state index < -0.39 is 0 Å². The maximum atomic E-state index is 11.8. The molecular weight excluding hydrogens is 232 g/mol. The summed E-state index contributed by atoms with van der Waals surface area (Å²) in [6.45, 7) is 1.95. The Morgan fingerprint density at radius 3 is 2.56 bits per heavy atom. The lowest BCUT2D eigenvalue weighted by molar-refractivity contribution is -1.18. The van der Waals surface area contributed by atoms with E-state index in [1.807, 2.05) is 6.07 Å². The molecule has 3 rings (SSSR count). The Morgan fingerprint density at radius 1 is 1.11 bits per heavy atom. The van der Waals surface area contributed by atoms with E-state index in [1.165, 1.54) is 6.20 Å². The first-order valence-electron chi connectivity index (χ1n) is 5.97. The van der Waals surface area contributed by atoms with E-state index in [2.05, 4.69) is 4.90 Å². The van der Waals surface area contributed by atoms with E-state index in [0.29, 0.717) is 10.5 Å². The topological polar surface area (TPSA) is 83.1 Å². The van der Waals surface area contributed by atoms with E-state index in [4.69, 9.17) is 5.73 Å². The Hall–Kier alpha value is -2.24. The highest BCUT2D eigenvalue weighted by molar-refractivity contribution is 5.96. The summed E-state index contributed by atoms with van der Waals surface area (Å²) < 4.78 is 0. The number of hydrogen-bond donors (Lipinski definition) is 1. The van der Waals surface area contributed by atoms with Crippen molar-refractivity contribution in [2.45, 2.75) is 12.8 Å². The highest BCUT2D eigenvalue weighted by atomic mass is 16.6. The van der Waals surface area contributed by atoms with Crippen molar-refractivity contribution in [2.24, 2.45) is 0 Å². The molecule has 0 amide bonds. The SMILES string of the molecule is Nc1ccc(N2CCCC2)c2cc[n+]([O-])[n+]([O-])c12. The first-order valence-corrected chi connectivity index (χ1v) is 5.97. The maximum absolute atomic E-state index is 11.8. The van der Waals surface area contributed by atoms with Crippen molar-refractivity contribution in [1.29, 1.82) is 0 Å². The molecule has 1 aliphatic rings. The van der Waals surface area contributed by atoms with Crippen molar-refractivity contribution in [1.82, 2.24) is 0 Å². The van der Waals surface area contributed by atoms with Gasteiger partial charge in [0.2, 0.25) is 0 Å². The number of nitrogen functional groups attached to an aromatic ring is 1. The highest BCUT2D eigenvalue weighted by Crippen LogP contribution is 2.30. The van der Waals surface area contributed by atoms with Crippen molar-refractivity contribution >= 4 is 22.3 Å². The Kier molecular flexibility index (Phi) is 2.36. The second-order valence-corrected chi connectivity index (χ2v) is 4.52. The lowest BCUT2D eigenvalue weighted by atomic mass is 10.1. The monoisotopic (exact) mass is 246 g/mol. The van der Waals surface area contributed by atoms with Gasteiger partial charge in [0.25, 0.3) is 6.20 Å². The van der Waals surface area contributed by atoms with Crippen LogP contribution in [0.3, 0.4) is 0 Å². The summed E-state index contributed by atoms with van der Waals surface area (Å²) >= 11 is 0. The molecule has 1 aliphatic heterocycles. The van der Waals surface area contributed by atoms with Gasteiger partial charge >= 0.3 is 5.52 Å². The van der Waals surface area contributed by atoms with Gasteiger partial charge in [-0.05, 0) is 25.0 Å². The molecule has 94 valence electrons. The summed E-state index contributed by atoms with van der Waals surface area (Å²) in [6, 6.07) is 5.25. The van der Waals surface area contributed by atoms with Gasteiger partial charge in [-0.15, -0.1) is 0 Å². The molecule has 6 nitrogen and oxygen atoms in total. The zero-order valence-electron chi connectivity index (χ0n) is 9.87. The summed E-state index contributed by atoms with van der Waals surface area (Å²) in [5.74, 6) is 0. The third-order valence-electron chi connectivity index (χ3n) is 3.41. The van der Waals surface area contributed by atoms with Crippen molar-refractivity contribution < 1.29 is 9.69 Å². The van der Waals surface area contributed by atoms with Crippen molar-refractivity contribution in [2.75, 3.05) is 23.7 Å². The molecule has 1 aromatic heterocycles. The molecule has 1 fully saturated rings. The Morgan fingerprint density at radius 2 is 1.83 bits per heavy atom. The number of fused-ring (bicyclic) bond motifs is 1. The van der Waals surface area contributed by atoms with E-state index in [9.17, 15) is 10.4 Å². The summed E-state index contributed by atoms with van der Waals surface area (Å²) in [5.41, 5.74) is 7.35. The Labute approximate surface area is 104 Å². The predicted molar refractivity (Wildman–Crippen MR) is 67.7 cm³/mol. The molecule has 0 radical (unpaired) electrons. The summed E-state index contributed by atoms with van der Waals surface area (Å²) in [4.78, 5) is 2.76. The highest BCUT2D eigenvalue weighted by Gasteiger charge is 2.22. The number of nitrogens with zero attached hydrogens (tertiary/aromatic N) is 3. The summed E-state index contributed by atoms with van der Waals surface area (Å²) in [6.07, 6.45) is 3.52. The third-order valence-corrected chi connectivity index (χ3v) is 3.41. The smallest absolute Gasteiger partial charge is 0.319 e. The minimum atomic E-state index is 0.243. The fourth-order valence-electron chi connectivity index (χ4n) is 2.52. The standard InChI is InChI=1S/C12H14N4O2/c13-10-3-4-11(14-6-1-2-7-14)9-5-8-15(17)16(18)12(9)10/h3-5,8H,1-2,6-7,13H2. The molecular formula is C12H14N4O2. The molecule has 0 unspecified atom stereocenters. The predicted octanol–water partition coefficient (Wildman–Crippen LogP) is 0.289. The van der Waals surface area contributed by atoms with Crippen LogP contribution in [0.25, 0.3) is 10.9 Å². The quantitative estimate of drug-likeness (QED) is 0.445. The van der Waals surface area contributed by atoms with Gasteiger partial charge < -0.3 is 21.0 Å². The first kappa shape index (κ1) is 10.9. The van der Waals surface area contributed by atoms with Crippen molar-refractivity contribution in [3.63, 3.8) is 0 Å². The van der Waals surface area contributed by atoms with Gasteiger partial charge in [-0.25, -0.2) is 0 Å². The molecule has 2 N–H and O–H groups in total. The average Bonchev–Trinajstić information content (AvgIpc) is 2.87. The van der Waals surface area contributed by atoms with Gasteiger partial charge in [0.05, 0.1) is 20.8 Å². The van der Waals surface area contributed by atoms with Gasteiger partial charge in [0.1, 0.15) is 5.69 Å².